The molecule has 1 aliphatic heterocycles. The highest BCUT2D eigenvalue weighted by Crippen LogP contribution is 2.38. The van der Waals surface area contributed by atoms with Crippen molar-refractivity contribution in [2.45, 2.75) is 19.6 Å². The van der Waals surface area contributed by atoms with E-state index in [9.17, 15) is 9.59 Å². The molecule has 8 nitrogen and oxygen atoms in total. The lowest BCUT2D eigenvalue weighted by Gasteiger charge is -2.24. The minimum atomic E-state index is -0.719. The monoisotopic (exact) mass is 667 g/mol. The predicted octanol–water partition coefficient (Wildman–Crippen LogP) is 6.11. The van der Waals surface area contributed by atoms with Gasteiger partial charge in [-0.05, 0) is 59.8 Å². The van der Waals surface area contributed by atoms with E-state index < -0.39 is 12.0 Å². The van der Waals surface area contributed by atoms with Crippen molar-refractivity contribution < 1.29 is 19.0 Å². The van der Waals surface area contributed by atoms with Crippen LogP contribution in [0.2, 0.25) is 5.02 Å². The maximum Gasteiger partial charge on any atom is 0.338 e. The topological polar surface area (TPSA) is 103 Å². The first-order valence-electron chi connectivity index (χ1n) is 14.2. The zero-order valence-electron chi connectivity index (χ0n) is 24.7. The van der Waals surface area contributed by atoms with E-state index in [0.29, 0.717) is 48.3 Å². The molecule has 0 amide bonds. The highest BCUT2D eigenvalue weighted by Gasteiger charge is 2.35. The van der Waals surface area contributed by atoms with Gasteiger partial charge in [-0.25, -0.2) is 9.79 Å². The van der Waals surface area contributed by atoms with Gasteiger partial charge in [0.2, 0.25) is 0 Å². The summed E-state index contributed by atoms with van der Waals surface area (Å²) in [6.45, 7) is 2.15. The van der Waals surface area contributed by atoms with Crippen molar-refractivity contribution in [2.24, 2.45) is 4.99 Å². The van der Waals surface area contributed by atoms with Gasteiger partial charge in [-0.3, -0.25) is 9.36 Å². The fraction of sp³-hybridized carbons (Fsp3) is 0.143. The summed E-state index contributed by atoms with van der Waals surface area (Å²) in [5.41, 5.74) is 3.27. The highest BCUT2D eigenvalue weighted by molar-refractivity contribution is 7.10. The molecule has 0 saturated carbocycles. The van der Waals surface area contributed by atoms with Crippen molar-refractivity contribution >= 4 is 52.0 Å². The van der Waals surface area contributed by atoms with Crippen LogP contribution in [0.1, 0.15) is 40.1 Å². The summed E-state index contributed by atoms with van der Waals surface area (Å²) in [5, 5.41) is 11.3. The number of nitriles is 1. The molecule has 0 N–H and O–H groups in total. The number of methoxy groups -OCH3 is 1. The predicted molar refractivity (Wildman–Crippen MR) is 179 cm³/mol. The second kappa shape index (κ2) is 13.6. The summed E-state index contributed by atoms with van der Waals surface area (Å²) in [5.74, 6) is 0.231. The van der Waals surface area contributed by atoms with Crippen LogP contribution in [0.25, 0.3) is 11.8 Å². The number of ether oxygens (including phenoxy) is 3. The number of hydrogen-bond acceptors (Lipinski definition) is 9. The Balaban J connectivity index is 1.44. The lowest BCUT2D eigenvalue weighted by Crippen LogP contribution is -2.39. The third-order valence-electron chi connectivity index (χ3n) is 7.20. The molecule has 6 rings (SSSR count). The summed E-state index contributed by atoms with van der Waals surface area (Å²) < 4.78 is 19.1. The molecular weight excluding hydrogens is 642 g/mol. The Labute approximate surface area is 277 Å². The van der Waals surface area contributed by atoms with Gasteiger partial charge in [0, 0.05) is 10.4 Å². The normalized spacial score (nSPS) is 14.3. The van der Waals surface area contributed by atoms with Crippen molar-refractivity contribution in [2.75, 3.05) is 13.7 Å². The Morgan fingerprint density at radius 1 is 1.11 bits per heavy atom. The summed E-state index contributed by atoms with van der Waals surface area (Å²) >= 11 is 9.35. The molecule has 3 aromatic carbocycles. The van der Waals surface area contributed by atoms with Crippen molar-refractivity contribution in [1.29, 1.82) is 5.26 Å². The molecular formula is C35H26ClN3O5S2. The lowest BCUT2D eigenvalue weighted by atomic mass is 9.97. The molecule has 1 atom stereocenters. The Morgan fingerprint density at radius 3 is 2.57 bits per heavy atom. The summed E-state index contributed by atoms with van der Waals surface area (Å²) in [7, 11) is 1.51. The van der Waals surface area contributed by atoms with Crippen LogP contribution in [0.3, 0.4) is 0 Å². The van der Waals surface area contributed by atoms with Crippen molar-refractivity contribution in [3.8, 4) is 17.6 Å². The molecule has 2 aromatic heterocycles. The molecule has 0 radical (unpaired) electrons. The molecule has 0 aliphatic carbocycles. The van der Waals surface area contributed by atoms with Crippen molar-refractivity contribution in [1.82, 2.24) is 4.57 Å². The quantitative estimate of drug-likeness (QED) is 0.176. The van der Waals surface area contributed by atoms with Crippen molar-refractivity contribution in [3.63, 3.8) is 0 Å². The molecule has 0 spiro atoms. The molecule has 46 heavy (non-hydrogen) atoms. The number of carbonyl (C=O) groups is 1. The van der Waals surface area contributed by atoms with Gasteiger partial charge in [0.05, 0.1) is 46.2 Å². The summed E-state index contributed by atoms with van der Waals surface area (Å²) in [6.07, 6.45) is 1.73. The average Bonchev–Trinajstić information content (AvgIpc) is 3.72. The van der Waals surface area contributed by atoms with Gasteiger partial charge in [-0.1, -0.05) is 71.5 Å². The number of halogens is 1. The molecule has 11 heteroatoms. The molecule has 0 bridgehead atoms. The molecule has 0 fully saturated rings. The molecule has 1 aliphatic rings. The van der Waals surface area contributed by atoms with Crippen LogP contribution in [0, 0.1) is 11.3 Å². The minimum Gasteiger partial charge on any atom is -0.493 e. The molecule has 0 unspecified atom stereocenters. The number of esters is 1. The number of thiazole rings is 1. The van der Waals surface area contributed by atoms with Crippen LogP contribution in [0.15, 0.2) is 99.6 Å². The smallest absolute Gasteiger partial charge is 0.338 e. The fourth-order valence-electron chi connectivity index (χ4n) is 5.10. The first-order chi connectivity index (χ1) is 22.4. The van der Waals surface area contributed by atoms with Gasteiger partial charge >= 0.3 is 5.97 Å². The fourth-order valence-corrected chi connectivity index (χ4v) is 7.20. The Kier molecular flexibility index (Phi) is 9.17. The summed E-state index contributed by atoms with van der Waals surface area (Å²) in [6, 6.07) is 25.1. The standard InChI is InChI=1S/C35H26ClN3O5S2/c1-3-43-34(41)29-30(24-8-5-4-6-9-24)38-35-39(31(29)27-10-7-15-45-27)33(40)28(46-35)18-23-16-25(36)32(26(17-23)42-2)44-20-22-13-11-21(19-37)12-14-22/h4-18,31H,3,20H2,1-2H3/b28-18-/t31-/m1/s1. The van der Waals surface area contributed by atoms with Crippen LogP contribution in [0.4, 0.5) is 0 Å². The number of fused-ring (bicyclic) bond motifs is 1. The third-order valence-corrected chi connectivity index (χ3v) is 9.39. The minimum absolute atomic E-state index is 0.182. The molecule has 3 heterocycles. The Bertz CT molecular complexity index is 2160. The van der Waals surface area contributed by atoms with E-state index in [-0.39, 0.29) is 18.8 Å². The maximum absolute atomic E-state index is 14.1. The number of nitrogens with zero attached hydrogens (tertiary/aromatic N) is 3. The van der Waals surface area contributed by atoms with Crippen LogP contribution in [0.5, 0.6) is 11.5 Å². The first kappa shape index (κ1) is 31.0. The summed E-state index contributed by atoms with van der Waals surface area (Å²) in [4.78, 5) is 33.8. The van der Waals surface area contributed by atoms with Crippen molar-refractivity contribution in [3.05, 3.63) is 142 Å². The van der Waals surface area contributed by atoms with Crippen LogP contribution < -0.4 is 24.4 Å². The van der Waals surface area contributed by atoms with Gasteiger partial charge in [-0.2, -0.15) is 5.26 Å². The van der Waals surface area contributed by atoms with Gasteiger partial charge in [-0.15, -0.1) is 11.3 Å². The average molecular weight is 668 g/mol. The zero-order chi connectivity index (χ0) is 32.2. The number of benzene rings is 3. The van der Waals surface area contributed by atoms with E-state index in [1.807, 2.05) is 60.0 Å². The van der Waals surface area contributed by atoms with Crippen LogP contribution in [-0.4, -0.2) is 24.3 Å². The first-order valence-corrected chi connectivity index (χ1v) is 16.3. The molecule has 230 valence electrons. The van der Waals surface area contributed by atoms with Crippen LogP contribution >= 0.6 is 34.3 Å². The number of hydrogen-bond donors (Lipinski definition) is 0. The largest absolute Gasteiger partial charge is 0.493 e. The Morgan fingerprint density at radius 2 is 1.89 bits per heavy atom. The van der Waals surface area contributed by atoms with E-state index in [2.05, 4.69) is 6.07 Å². The lowest BCUT2D eigenvalue weighted by molar-refractivity contribution is -0.138. The van der Waals surface area contributed by atoms with E-state index in [1.54, 1.807) is 41.8 Å². The third kappa shape index (κ3) is 6.13. The SMILES string of the molecule is CCOC(=O)C1=C(c2ccccc2)N=c2s/c(=C\c3cc(Cl)c(OCc4ccc(C#N)cc4)c(OC)c3)c(=O)n2[C@@H]1c1cccs1. The Hall–Kier alpha value is -4.95. The second-order valence-electron chi connectivity index (χ2n) is 10.1. The zero-order valence-corrected chi connectivity index (χ0v) is 27.1. The maximum atomic E-state index is 14.1. The number of rotatable bonds is 9. The van der Waals surface area contributed by atoms with Gasteiger partial charge in [0.15, 0.2) is 16.3 Å². The highest BCUT2D eigenvalue weighted by atomic mass is 35.5. The van der Waals surface area contributed by atoms with Gasteiger partial charge < -0.3 is 14.2 Å². The van der Waals surface area contributed by atoms with E-state index in [4.69, 9.17) is 36.1 Å². The van der Waals surface area contributed by atoms with E-state index in [0.717, 1.165) is 16.0 Å². The number of carbonyl (C=O) groups excluding carboxylic acids is 1. The van der Waals surface area contributed by atoms with E-state index in [1.165, 1.54) is 29.8 Å². The molecule has 0 saturated heterocycles. The second-order valence-corrected chi connectivity index (χ2v) is 12.5. The van der Waals surface area contributed by atoms with Gasteiger partial charge in [0.1, 0.15) is 12.6 Å². The van der Waals surface area contributed by atoms with E-state index >= 15 is 0 Å². The number of thiophene rings is 1. The molecule has 5 aromatic rings. The van der Waals surface area contributed by atoms with Crippen LogP contribution in [-0.2, 0) is 16.1 Å². The van der Waals surface area contributed by atoms with Gasteiger partial charge in [0.25, 0.3) is 5.56 Å². The number of aromatic nitrogens is 1.